The fourth-order valence-corrected chi connectivity index (χ4v) is 3.36. The van der Waals surface area contributed by atoms with Crippen LogP contribution in [0.1, 0.15) is 16.8 Å². The van der Waals surface area contributed by atoms with E-state index in [1.165, 1.54) is 11.1 Å². The first kappa shape index (κ1) is 22.1. The second-order valence-electron chi connectivity index (χ2n) is 7.19. The first-order chi connectivity index (χ1) is 14.2. The Hall–Kier alpha value is -2.55. The Kier molecular flexibility index (Phi) is 7.73. The molecule has 1 unspecified atom stereocenters. The van der Waals surface area contributed by atoms with Crippen molar-refractivity contribution in [3.8, 4) is 17.2 Å². The summed E-state index contributed by atoms with van der Waals surface area (Å²) >= 11 is 0. The molecule has 2 heterocycles. The van der Waals surface area contributed by atoms with Crippen molar-refractivity contribution >= 4 is 29.9 Å². The van der Waals surface area contributed by atoms with E-state index in [1.54, 1.807) is 13.3 Å². The number of para-hydroxylation sites is 1. The van der Waals surface area contributed by atoms with Crippen LogP contribution in [0.25, 0.3) is 11.5 Å². The third-order valence-corrected chi connectivity index (χ3v) is 4.96. The number of nitrogens with zero attached hydrogens (tertiary/aromatic N) is 2. The summed E-state index contributed by atoms with van der Waals surface area (Å²) in [6.45, 7) is 3.48. The SMILES string of the molecule is CN=C(NCCc1coc(-c2ccc(C)cc2)n1)NCC1Cc2ccccc2O1.I. The summed E-state index contributed by atoms with van der Waals surface area (Å²) in [4.78, 5) is 8.86. The standard InChI is InChI=1S/C23H26N4O2.HI/c1-16-7-9-17(10-8-16)22-27-19(15-28-22)11-12-25-23(24-2)26-14-20-13-18-5-3-4-6-21(18)29-20;/h3-10,15,20H,11-14H2,1-2H3,(H2,24,25,26);1H. The van der Waals surface area contributed by atoms with Crippen LogP contribution >= 0.6 is 24.0 Å². The van der Waals surface area contributed by atoms with E-state index in [4.69, 9.17) is 9.15 Å². The van der Waals surface area contributed by atoms with Gasteiger partial charge in [-0.2, -0.15) is 0 Å². The lowest BCUT2D eigenvalue weighted by Gasteiger charge is -2.15. The van der Waals surface area contributed by atoms with Crippen LogP contribution in [0.4, 0.5) is 0 Å². The summed E-state index contributed by atoms with van der Waals surface area (Å²) in [5.74, 6) is 2.39. The molecule has 158 valence electrons. The number of aryl methyl sites for hydroxylation is 1. The van der Waals surface area contributed by atoms with Gasteiger partial charge in [0, 0.05) is 32.0 Å². The van der Waals surface area contributed by atoms with Crippen molar-refractivity contribution in [3.63, 3.8) is 0 Å². The second-order valence-corrected chi connectivity index (χ2v) is 7.19. The van der Waals surface area contributed by atoms with Gasteiger partial charge < -0.3 is 19.8 Å². The van der Waals surface area contributed by atoms with E-state index >= 15 is 0 Å². The number of hydrogen-bond acceptors (Lipinski definition) is 4. The maximum absolute atomic E-state index is 5.96. The minimum Gasteiger partial charge on any atom is -0.488 e. The van der Waals surface area contributed by atoms with Crippen molar-refractivity contribution < 1.29 is 9.15 Å². The molecule has 30 heavy (non-hydrogen) atoms. The number of ether oxygens (including phenoxy) is 1. The van der Waals surface area contributed by atoms with E-state index in [1.807, 2.05) is 30.3 Å². The van der Waals surface area contributed by atoms with Crippen LogP contribution in [0, 0.1) is 6.92 Å². The molecule has 0 saturated carbocycles. The summed E-state index contributed by atoms with van der Waals surface area (Å²) in [6, 6.07) is 16.4. The lowest BCUT2D eigenvalue weighted by atomic mass is 10.1. The Balaban J connectivity index is 0.00000256. The molecule has 2 aromatic carbocycles. The molecule has 0 bridgehead atoms. The van der Waals surface area contributed by atoms with Crippen molar-refractivity contribution in [1.82, 2.24) is 15.6 Å². The van der Waals surface area contributed by atoms with Crippen molar-refractivity contribution in [2.45, 2.75) is 25.9 Å². The van der Waals surface area contributed by atoms with Crippen molar-refractivity contribution in [3.05, 3.63) is 71.6 Å². The molecule has 4 rings (SSSR count). The van der Waals surface area contributed by atoms with Gasteiger partial charge in [0.05, 0.1) is 12.2 Å². The zero-order chi connectivity index (χ0) is 20.1. The van der Waals surface area contributed by atoms with Crippen LogP contribution in [0.3, 0.4) is 0 Å². The summed E-state index contributed by atoms with van der Waals surface area (Å²) < 4.78 is 11.6. The van der Waals surface area contributed by atoms with Crippen LogP contribution < -0.4 is 15.4 Å². The topological polar surface area (TPSA) is 71.7 Å². The van der Waals surface area contributed by atoms with Crippen LogP contribution in [-0.2, 0) is 12.8 Å². The molecule has 1 aliphatic heterocycles. The minimum absolute atomic E-state index is 0. The normalized spacial score (nSPS) is 15.1. The number of aromatic nitrogens is 1. The first-order valence-corrected chi connectivity index (χ1v) is 9.92. The number of guanidine groups is 1. The predicted octanol–water partition coefficient (Wildman–Crippen LogP) is 3.98. The Morgan fingerprint density at radius 1 is 1.13 bits per heavy atom. The van der Waals surface area contributed by atoms with E-state index in [9.17, 15) is 0 Å². The summed E-state index contributed by atoms with van der Waals surface area (Å²) in [6.07, 6.45) is 3.51. The molecule has 0 amide bonds. The Morgan fingerprint density at radius 2 is 1.93 bits per heavy atom. The summed E-state index contributed by atoms with van der Waals surface area (Å²) in [5.41, 5.74) is 4.39. The number of halogens is 1. The number of hydrogen-bond donors (Lipinski definition) is 2. The van der Waals surface area contributed by atoms with Gasteiger partial charge in [-0.3, -0.25) is 4.99 Å². The average Bonchev–Trinajstić information content (AvgIpc) is 3.38. The molecule has 0 aliphatic carbocycles. The van der Waals surface area contributed by atoms with Crippen LogP contribution in [0.5, 0.6) is 5.75 Å². The van der Waals surface area contributed by atoms with Crippen molar-refractivity contribution in [2.75, 3.05) is 20.1 Å². The highest BCUT2D eigenvalue weighted by Crippen LogP contribution is 2.27. The van der Waals surface area contributed by atoms with Crippen LogP contribution in [0.15, 0.2) is 64.2 Å². The number of benzene rings is 2. The zero-order valence-corrected chi connectivity index (χ0v) is 19.6. The van der Waals surface area contributed by atoms with Gasteiger partial charge in [0.25, 0.3) is 0 Å². The highest BCUT2D eigenvalue weighted by atomic mass is 127. The summed E-state index contributed by atoms with van der Waals surface area (Å²) in [5, 5.41) is 6.66. The monoisotopic (exact) mass is 518 g/mol. The average molecular weight is 518 g/mol. The molecule has 0 saturated heterocycles. The highest BCUT2D eigenvalue weighted by Gasteiger charge is 2.22. The number of aliphatic imine (C=N–C) groups is 1. The van der Waals surface area contributed by atoms with E-state index in [2.05, 4.69) is 45.7 Å². The smallest absolute Gasteiger partial charge is 0.226 e. The highest BCUT2D eigenvalue weighted by molar-refractivity contribution is 14.0. The zero-order valence-electron chi connectivity index (χ0n) is 17.2. The third kappa shape index (κ3) is 5.53. The fourth-order valence-electron chi connectivity index (χ4n) is 3.36. The molecule has 0 spiro atoms. The quantitative estimate of drug-likeness (QED) is 0.294. The van der Waals surface area contributed by atoms with Crippen LogP contribution in [-0.4, -0.2) is 37.2 Å². The largest absolute Gasteiger partial charge is 0.488 e. The Labute approximate surface area is 194 Å². The van der Waals surface area contributed by atoms with Gasteiger partial charge in [-0.25, -0.2) is 4.98 Å². The third-order valence-electron chi connectivity index (χ3n) is 4.96. The van der Waals surface area contributed by atoms with Crippen molar-refractivity contribution in [1.29, 1.82) is 0 Å². The maximum atomic E-state index is 5.96. The van der Waals surface area contributed by atoms with E-state index in [0.29, 0.717) is 19.0 Å². The molecule has 0 fully saturated rings. The van der Waals surface area contributed by atoms with Gasteiger partial charge in [0.1, 0.15) is 18.1 Å². The molecular weight excluding hydrogens is 491 g/mol. The fraction of sp³-hybridized carbons (Fsp3) is 0.304. The molecule has 1 aliphatic rings. The molecule has 1 aromatic heterocycles. The molecular formula is C23H27IN4O2. The molecule has 1 atom stereocenters. The van der Waals surface area contributed by atoms with Gasteiger partial charge in [0.15, 0.2) is 5.96 Å². The second kappa shape index (κ2) is 10.5. The van der Waals surface area contributed by atoms with Gasteiger partial charge in [-0.15, -0.1) is 24.0 Å². The van der Waals surface area contributed by atoms with E-state index in [-0.39, 0.29) is 30.1 Å². The number of oxazole rings is 1. The lowest BCUT2D eigenvalue weighted by Crippen LogP contribution is -2.42. The van der Waals surface area contributed by atoms with Gasteiger partial charge in [-0.1, -0.05) is 35.9 Å². The first-order valence-electron chi connectivity index (χ1n) is 9.92. The minimum atomic E-state index is 0. The number of rotatable bonds is 6. The summed E-state index contributed by atoms with van der Waals surface area (Å²) in [7, 11) is 1.77. The lowest BCUT2D eigenvalue weighted by molar-refractivity contribution is 0.235. The van der Waals surface area contributed by atoms with E-state index < -0.39 is 0 Å². The molecule has 0 radical (unpaired) electrons. The molecule has 2 N–H and O–H groups in total. The molecule has 7 heteroatoms. The Morgan fingerprint density at radius 3 is 2.70 bits per heavy atom. The number of fused-ring (bicyclic) bond motifs is 1. The Bertz CT molecular complexity index is 960. The van der Waals surface area contributed by atoms with Gasteiger partial charge in [-0.05, 0) is 30.7 Å². The maximum Gasteiger partial charge on any atom is 0.226 e. The van der Waals surface area contributed by atoms with Crippen LogP contribution in [0.2, 0.25) is 0 Å². The predicted molar refractivity (Wildman–Crippen MR) is 130 cm³/mol. The molecule has 6 nitrogen and oxygen atoms in total. The van der Waals surface area contributed by atoms with Gasteiger partial charge in [0.2, 0.25) is 5.89 Å². The van der Waals surface area contributed by atoms with E-state index in [0.717, 1.165) is 35.8 Å². The van der Waals surface area contributed by atoms with Gasteiger partial charge >= 0.3 is 0 Å². The number of nitrogens with one attached hydrogen (secondary N) is 2. The van der Waals surface area contributed by atoms with Crippen molar-refractivity contribution in [2.24, 2.45) is 4.99 Å². The molecule has 3 aromatic rings.